The molecule has 0 radical (unpaired) electrons. The van der Waals surface area contributed by atoms with Crippen LogP contribution in [0.5, 0.6) is 0 Å². The fourth-order valence-electron chi connectivity index (χ4n) is 0. The first-order chi connectivity index (χ1) is 2.27. The number of hydrogen-bond donors (Lipinski definition) is 0. The predicted molar refractivity (Wildman–Crippen MR) is 25.7 cm³/mol. The smallest absolute Gasteiger partial charge is 0 e. The second-order valence-corrected chi connectivity index (χ2v) is 1.28. The van der Waals surface area contributed by atoms with Crippen molar-refractivity contribution in [2.45, 2.75) is 7.43 Å². The van der Waals surface area contributed by atoms with E-state index in [1.54, 1.807) is 0 Å². The third-order valence-corrected chi connectivity index (χ3v) is 0.408. The van der Waals surface area contributed by atoms with Crippen LogP contribution in [0.1, 0.15) is 7.43 Å². The molecule has 0 saturated heterocycles. The molecule has 0 atom stereocenters. The zero-order chi connectivity index (χ0) is 4.28. The van der Waals surface area contributed by atoms with E-state index in [-0.39, 0.29) is 28.5 Å². The summed E-state index contributed by atoms with van der Waals surface area (Å²) in [6.45, 7) is 2.95. The first-order valence-corrected chi connectivity index (χ1v) is 2.12. The van der Waals surface area contributed by atoms with Crippen molar-refractivity contribution in [1.29, 1.82) is 0 Å². The standard InChI is InChI=1S/C2H3O2S.CH4.W/c1-2-5(3)4;;/h2H,1H2;1H4;/q-1;;. The van der Waals surface area contributed by atoms with Gasteiger partial charge < -0.3 is 8.42 Å². The van der Waals surface area contributed by atoms with Crippen molar-refractivity contribution >= 4 is 10.7 Å². The van der Waals surface area contributed by atoms with Gasteiger partial charge in [-0.2, -0.15) is 0 Å². The maximum atomic E-state index is 9.25. The van der Waals surface area contributed by atoms with Crippen LogP contribution in [0, 0.1) is 0 Å². The summed E-state index contributed by atoms with van der Waals surface area (Å²) in [7, 11) is -2.06. The Morgan fingerprint density at radius 3 is 1.57 bits per heavy atom. The SMILES string of the molecule is C.C=C[S-](=O)=O.[W]. The van der Waals surface area contributed by atoms with Crippen molar-refractivity contribution in [2.75, 3.05) is 0 Å². The summed E-state index contributed by atoms with van der Waals surface area (Å²) in [6, 6.07) is 0. The van der Waals surface area contributed by atoms with E-state index in [0.717, 1.165) is 5.41 Å². The third kappa shape index (κ3) is 21.6. The van der Waals surface area contributed by atoms with Crippen molar-refractivity contribution < 1.29 is 29.5 Å². The van der Waals surface area contributed by atoms with Gasteiger partial charge in [-0.15, -0.1) is 12.0 Å². The Kier molecular flexibility index (Phi) is 21.5. The van der Waals surface area contributed by atoms with Crippen LogP contribution in [0.3, 0.4) is 0 Å². The third-order valence-electron chi connectivity index (χ3n) is 0.136. The molecule has 0 aromatic rings. The monoisotopic (exact) mass is 291 g/mol. The van der Waals surface area contributed by atoms with Crippen LogP contribution in [0.2, 0.25) is 0 Å². The predicted octanol–water partition coefficient (Wildman–Crippen LogP) is 1.07. The molecule has 0 aliphatic carbocycles. The quantitative estimate of drug-likeness (QED) is 0.677. The minimum absolute atomic E-state index is 0. The van der Waals surface area contributed by atoms with Gasteiger partial charge in [-0.05, 0) is 0 Å². The van der Waals surface area contributed by atoms with Crippen LogP contribution in [0.25, 0.3) is 0 Å². The van der Waals surface area contributed by atoms with Gasteiger partial charge in [0.05, 0.1) is 0 Å². The van der Waals surface area contributed by atoms with E-state index in [1.807, 2.05) is 0 Å². The molecule has 2 nitrogen and oxygen atoms in total. The van der Waals surface area contributed by atoms with Crippen LogP contribution in [-0.2, 0) is 40.2 Å². The zero-order valence-electron chi connectivity index (χ0n) is 2.92. The molecular weight excluding hydrogens is 284 g/mol. The van der Waals surface area contributed by atoms with Crippen LogP contribution < -0.4 is 0 Å². The maximum Gasteiger partial charge on any atom is 0 e. The van der Waals surface area contributed by atoms with Gasteiger partial charge in [-0.3, -0.25) is 0 Å². The fourth-order valence-corrected chi connectivity index (χ4v) is 0. The van der Waals surface area contributed by atoms with Crippen LogP contribution in [0.4, 0.5) is 0 Å². The Bertz CT molecular complexity index is 89.1. The average molecular weight is 291 g/mol. The summed E-state index contributed by atoms with van der Waals surface area (Å²) >= 11 is 0. The van der Waals surface area contributed by atoms with Crippen LogP contribution in [-0.4, -0.2) is 0 Å². The van der Waals surface area contributed by atoms with Gasteiger partial charge in [0, 0.05) is 21.1 Å². The molecule has 0 saturated carbocycles. The molecule has 0 amide bonds. The molecule has 0 aromatic carbocycles. The number of rotatable bonds is 1. The second-order valence-electron chi connectivity index (χ2n) is 0.427. The normalized spacial score (nSPS) is 5.86. The minimum Gasteiger partial charge on any atom is -0.420 e. The summed E-state index contributed by atoms with van der Waals surface area (Å²) in [5.74, 6) is 0. The van der Waals surface area contributed by atoms with Gasteiger partial charge in [-0.1, -0.05) is 18.1 Å². The molecule has 4 heteroatoms. The van der Waals surface area contributed by atoms with Crippen molar-refractivity contribution in [2.24, 2.45) is 0 Å². The van der Waals surface area contributed by atoms with E-state index < -0.39 is 10.7 Å². The van der Waals surface area contributed by atoms with Crippen molar-refractivity contribution in [3.05, 3.63) is 12.0 Å². The molecular formula is C3H7O2SW-. The Balaban J connectivity index is -0.0000000800. The molecule has 0 fully saturated rings. The Morgan fingerprint density at radius 2 is 1.57 bits per heavy atom. The molecule has 0 spiro atoms. The van der Waals surface area contributed by atoms with E-state index in [9.17, 15) is 8.42 Å². The summed E-state index contributed by atoms with van der Waals surface area (Å²) in [4.78, 5) is 0. The first-order valence-electron chi connectivity index (χ1n) is 0.977. The average Bonchev–Trinajstić information content (AvgIpc) is 1.38. The van der Waals surface area contributed by atoms with E-state index in [4.69, 9.17) is 0 Å². The van der Waals surface area contributed by atoms with Gasteiger partial charge in [0.15, 0.2) is 0 Å². The topological polar surface area (TPSA) is 34.1 Å². The number of hydrogen-bond acceptors (Lipinski definition) is 3. The Morgan fingerprint density at radius 1 is 1.43 bits per heavy atom. The molecule has 44 valence electrons. The second kappa shape index (κ2) is 9.62. The van der Waals surface area contributed by atoms with Crippen molar-refractivity contribution in [3.8, 4) is 0 Å². The first kappa shape index (κ1) is 15.7. The Labute approximate surface area is 59.8 Å². The van der Waals surface area contributed by atoms with E-state index in [0.29, 0.717) is 0 Å². The zero-order valence-corrected chi connectivity index (χ0v) is 6.67. The molecule has 7 heavy (non-hydrogen) atoms. The van der Waals surface area contributed by atoms with Gasteiger partial charge in [0.2, 0.25) is 0 Å². The molecule has 0 rings (SSSR count). The molecule has 0 heterocycles. The molecule has 0 unspecified atom stereocenters. The Hall–Kier alpha value is 0.378. The summed E-state index contributed by atoms with van der Waals surface area (Å²) in [6.07, 6.45) is 0. The maximum absolute atomic E-state index is 9.25. The molecule has 0 N–H and O–H groups in total. The van der Waals surface area contributed by atoms with Gasteiger partial charge in [0.1, 0.15) is 0 Å². The van der Waals surface area contributed by atoms with Crippen molar-refractivity contribution in [1.82, 2.24) is 0 Å². The summed E-state index contributed by atoms with van der Waals surface area (Å²) in [5.41, 5.74) is 0. The minimum atomic E-state index is -2.06. The van der Waals surface area contributed by atoms with Crippen LogP contribution >= 0.6 is 0 Å². The van der Waals surface area contributed by atoms with Gasteiger partial charge >= 0.3 is 0 Å². The molecule has 0 aromatic heterocycles. The summed E-state index contributed by atoms with van der Waals surface area (Å²) < 4.78 is 18.5. The molecule has 0 aliphatic rings. The van der Waals surface area contributed by atoms with Crippen LogP contribution in [0.15, 0.2) is 12.0 Å². The van der Waals surface area contributed by atoms with E-state index >= 15 is 0 Å². The van der Waals surface area contributed by atoms with E-state index in [1.165, 1.54) is 0 Å². The summed E-state index contributed by atoms with van der Waals surface area (Å²) in [5, 5.41) is 0.833. The molecule has 0 bridgehead atoms. The van der Waals surface area contributed by atoms with Gasteiger partial charge in [-0.25, -0.2) is 0 Å². The van der Waals surface area contributed by atoms with Gasteiger partial charge in [0.25, 0.3) is 0 Å². The van der Waals surface area contributed by atoms with E-state index in [2.05, 4.69) is 6.58 Å². The fraction of sp³-hybridized carbons (Fsp3) is 0.333. The largest absolute Gasteiger partial charge is 0.420 e. The van der Waals surface area contributed by atoms with Crippen molar-refractivity contribution in [3.63, 3.8) is 0 Å². The molecule has 0 aliphatic heterocycles.